The number of carbonyl (C=O) groups excluding carboxylic acids is 1. The van der Waals surface area contributed by atoms with Gasteiger partial charge in [0.05, 0.1) is 0 Å². The highest BCUT2D eigenvalue weighted by molar-refractivity contribution is 5.76. The zero-order valence-electron chi connectivity index (χ0n) is 12.1. The van der Waals surface area contributed by atoms with Crippen LogP contribution in [0.25, 0.3) is 0 Å². The second-order valence-corrected chi connectivity index (χ2v) is 7.19. The molecule has 0 heterocycles. The normalized spacial score (nSPS) is 30.7. The minimum absolute atomic E-state index is 0.109. The van der Waals surface area contributed by atoms with Crippen LogP contribution in [-0.2, 0) is 4.79 Å². The van der Waals surface area contributed by atoms with Gasteiger partial charge in [0.25, 0.3) is 0 Å². The highest BCUT2D eigenvalue weighted by Gasteiger charge is 2.38. The minimum Gasteiger partial charge on any atom is -0.351 e. The standard InChI is InChI=1S/C15H28N2O/c1-15(2,3)17-14(18)6-7-16-10-13-9-11-4-5-12(13)8-11/h11-13,16H,4-10H2,1-3H3,(H,17,18). The second-order valence-electron chi connectivity index (χ2n) is 7.19. The van der Waals surface area contributed by atoms with Gasteiger partial charge in [-0.05, 0) is 64.3 Å². The van der Waals surface area contributed by atoms with Gasteiger partial charge in [-0.3, -0.25) is 4.79 Å². The lowest BCUT2D eigenvalue weighted by molar-refractivity contribution is -0.122. The molecule has 0 radical (unpaired) electrons. The number of carbonyl (C=O) groups is 1. The second kappa shape index (κ2) is 5.60. The van der Waals surface area contributed by atoms with E-state index in [1.165, 1.54) is 25.7 Å². The molecule has 2 saturated carbocycles. The molecule has 2 bridgehead atoms. The van der Waals surface area contributed by atoms with Crippen LogP contribution in [-0.4, -0.2) is 24.5 Å². The lowest BCUT2D eigenvalue weighted by Gasteiger charge is -2.22. The summed E-state index contributed by atoms with van der Waals surface area (Å²) < 4.78 is 0. The SMILES string of the molecule is CC(C)(C)NC(=O)CCNCC1CC2CCC1C2. The van der Waals surface area contributed by atoms with E-state index in [1.54, 1.807) is 0 Å². The van der Waals surface area contributed by atoms with Gasteiger partial charge in [0.15, 0.2) is 0 Å². The van der Waals surface area contributed by atoms with E-state index in [-0.39, 0.29) is 11.4 Å². The fourth-order valence-electron chi connectivity index (χ4n) is 3.60. The molecule has 0 saturated heterocycles. The Morgan fingerprint density at radius 2 is 2.00 bits per heavy atom. The molecule has 3 nitrogen and oxygen atoms in total. The van der Waals surface area contributed by atoms with Gasteiger partial charge in [0.2, 0.25) is 5.91 Å². The molecule has 0 aromatic heterocycles. The van der Waals surface area contributed by atoms with Gasteiger partial charge >= 0.3 is 0 Å². The van der Waals surface area contributed by atoms with Gasteiger partial charge < -0.3 is 10.6 Å². The average Bonchev–Trinajstić information content (AvgIpc) is 2.83. The van der Waals surface area contributed by atoms with Gasteiger partial charge in [-0.2, -0.15) is 0 Å². The van der Waals surface area contributed by atoms with Crippen LogP contribution in [0, 0.1) is 17.8 Å². The van der Waals surface area contributed by atoms with Crippen molar-refractivity contribution in [3.63, 3.8) is 0 Å². The largest absolute Gasteiger partial charge is 0.351 e. The summed E-state index contributed by atoms with van der Waals surface area (Å²) in [6.45, 7) is 7.99. The van der Waals surface area contributed by atoms with Crippen LogP contribution in [0.5, 0.6) is 0 Å². The number of amides is 1. The van der Waals surface area contributed by atoms with Crippen LogP contribution in [0.4, 0.5) is 0 Å². The lowest BCUT2D eigenvalue weighted by atomic mass is 9.89. The van der Waals surface area contributed by atoms with Crippen LogP contribution in [0.15, 0.2) is 0 Å². The van der Waals surface area contributed by atoms with Crippen molar-refractivity contribution >= 4 is 5.91 Å². The quantitative estimate of drug-likeness (QED) is 0.737. The summed E-state index contributed by atoms with van der Waals surface area (Å²) in [4.78, 5) is 11.6. The number of nitrogens with one attached hydrogen (secondary N) is 2. The Kier molecular flexibility index (Phi) is 4.31. The maximum absolute atomic E-state index is 11.6. The van der Waals surface area contributed by atoms with Crippen LogP contribution >= 0.6 is 0 Å². The molecule has 3 heteroatoms. The first kappa shape index (κ1) is 13.9. The lowest BCUT2D eigenvalue weighted by Crippen LogP contribution is -2.41. The zero-order chi connectivity index (χ0) is 13.2. The van der Waals surface area contributed by atoms with E-state index >= 15 is 0 Å². The molecular formula is C15H28N2O. The van der Waals surface area contributed by atoms with Gasteiger partial charge in [0, 0.05) is 18.5 Å². The minimum atomic E-state index is -0.109. The Morgan fingerprint density at radius 1 is 1.22 bits per heavy atom. The summed E-state index contributed by atoms with van der Waals surface area (Å²) >= 11 is 0. The summed E-state index contributed by atoms with van der Waals surface area (Å²) in [6.07, 6.45) is 6.40. The number of hydrogen-bond acceptors (Lipinski definition) is 2. The summed E-state index contributed by atoms with van der Waals surface area (Å²) in [6, 6.07) is 0. The number of hydrogen-bond donors (Lipinski definition) is 2. The number of fused-ring (bicyclic) bond motifs is 2. The smallest absolute Gasteiger partial charge is 0.221 e. The van der Waals surface area contributed by atoms with Crippen LogP contribution in [0.3, 0.4) is 0 Å². The molecule has 104 valence electrons. The van der Waals surface area contributed by atoms with Crippen LogP contribution in [0.1, 0.15) is 52.9 Å². The van der Waals surface area contributed by atoms with Crippen LogP contribution in [0.2, 0.25) is 0 Å². The van der Waals surface area contributed by atoms with E-state index in [1.807, 2.05) is 20.8 Å². The monoisotopic (exact) mass is 252 g/mol. The molecule has 0 aromatic rings. The third-order valence-corrected chi connectivity index (χ3v) is 4.33. The third kappa shape index (κ3) is 3.98. The van der Waals surface area contributed by atoms with Crippen molar-refractivity contribution in [3.05, 3.63) is 0 Å². The van der Waals surface area contributed by atoms with Crippen molar-refractivity contribution in [3.8, 4) is 0 Å². The molecule has 0 aliphatic heterocycles. The zero-order valence-corrected chi connectivity index (χ0v) is 12.1. The van der Waals surface area contributed by atoms with E-state index in [4.69, 9.17) is 0 Å². The average molecular weight is 252 g/mol. The first-order valence-corrected chi connectivity index (χ1v) is 7.46. The third-order valence-electron chi connectivity index (χ3n) is 4.33. The molecule has 3 unspecified atom stereocenters. The Morgan fingerprint density at radius 3 is 2.56 bits per heavy atom. The Bertz CT molecular complexity index is 295. The number of rotatable bonds is 5. The van der Waals surface area contributed by atoms with Crippen molar-refractivity contribution in [2.75, 3.05) is 13.1 Å². The summed E-state index contributed by atoms with van der Waals surface area (Å²) in [7, 11) is 0. The predicted molar refractivity (Wildman–Crippen MR) is 74.3 cm³/mol. The van der Waals surface area contributed by atoms with E-state index in [0.29, 0.717) is 6.42 Å². The van der Waals surface area contributed by atoms with Gasteiger partial charge in [-0.15, -0.1) is 0 Å². The molecule has 1 amide bonds. The highest BCUT2D eigenvalue weighted by atomic mass is 16.1. The topological polar surface area (TPSA) is 41.1 Å². The van der Waals surface area contributed by atoms with Gasteiger partial charge in [-0.25, -0.2) is 0 Å². The maximum Gasteiger partial charge on any atom is 0.221 e. The predicted octanol–water partition coefficient (Wildman–Crippen LogP) is 2.32. The molecule has 2 aliphatic carbocycles. The molecule has 0 spiro atoms. The molecule has 2 aliphatic rings. The molecule has 2 fully saturated rings. The van der Waals surface area contributed by atoms with Crippen molar-refractivity contribution in [1.29, 1.82) is 0 Å². The molecule has 2 N–H and O–H groups in total. The van der Waals surface area contributed by atoms with Crippen molar-refractivity contribution in [2.24, 2.45) is 17.8 Å². The van der Waals surface area contributed by atoms with Crippen molar-refractivity contribution in [2.45, 2.75) is 58.4 Å². The Labute approximate surface area is 111 Å². The maximum atomic E-state index is 11.6. The fourth-order valence-corrected chi connectivity index (χ4v) is 3.60. The molecule has 18 heavy (non-hydrogen) atoms. The molecule has 3 atom stereocenters. The Hall–Kier alpha value is -0.570. The summed E-state index contributed by atoms with van der Waals surface area (Å²) in [5.41, 5.74) is -0.109. The van der Waals surface area contributed by atoms with Gasteiger partial charge in [-0.1, -0.05) is 6.42 Å². The highest BCUT2D eigenvalue weighted by Crippen LogP contribution is 2.47. The van der Waals surface area contributed by atoms with E-state index < -0.39 is 0 Å². The van der Waals surface area contributed by atoms with E-state index in [2.05, 4.69) is 10.6 Å². The van der Waals surface area contributed by atoms with Gasteiger partial charge in [0.1, 0.15) is 0 Å². The van der Waals surface area contributed by atoms with Crippen LogP contribution < -0.4 is 10.6 Å². The van der Waals surface area contributed by atoms with E-state index in [0.717, 1.165) is 30.8 Å². The summed E-state index contributed by atoms with van der Waals surface area (Å²) in [5.74, 6) is 3.04. The molecular weight excluding hydrogens is 224 g/mol. The molecule has 0 aromatic carbocycles. The van der Waals surface area contributed by atoms with E-state index in [9.17, 15) is 4.79 Å². The fraction of sp³-hybridized carbons (Fsp3) is 0.933. The molecule has 2 rings (SSSR count). The Balaban J connectivity index is 1.55. The van der Waals surface area contributed by atoms with Crippen molar-refractivity contribution in [1.82, 2.24) is 10.6 Å². The first-order valence-electron chi connectivity index (χ1n) is 7.46. The first-order chi connectivity index (χ1) is 8.44. The summed E-state index contributed by atoms with van der Waals surface area (Å²) in [5, 5.41) is 6.46. The van der Waals surface area contributed by atoms with Crippen molar-refractivity contribution < 1.29 is 4.79 Å².